The Bertz CT molecular complexity index is 5290. The van der Waals surface area contributed by atoms with Gasteiger partial charge in [0.25, 0.3) is 0 Å². The molecule has 2 nitrogen and oxygen atoms in total. The molecular formula is C97H80N2. The van der Waals surface area contributed by atoms with Crippen molar-refractivity contribution in [3.8, 4) is 55.6 Å². The van der Waals surface area contributed by atoms with Crippen LogP contribution in [0.5, 0.6) is 0 Å². The van der Waals surface area contributed by atoms with Crippen LogP contribution in [0.4, 0.5) is 34.1 Å². The summed E-state index contributed by atoms with van der Waals surface area (Å²) in [4.78, 5) is 4.87. The van der Waals surface area contributed by atoms with Gasteiger partial charge in [-0.1, -0.05) is 272 Å². The van der Waals surface area contributed by atoms with Crippen molar-refractivity contribution in [2.75, 3.05) is 9.80 Å². The summed E-state index contributed by atoms with van der Waals surface area (Å²) in [6.45, 7) is 23.2. The van der Waals surface area contributed by atoms with Crippen LogP contribution in [0.2, 0.25) is 0 Å². The molecule has 0 aliphatic heterocycles. The van der Waals surface area contributed by atoms with E-state index in [1.807, 2.05) is 0 Å². The molecule has 0 heterocycles. The van der Waals surface area contributed by atoms with E-state index in [1.54, 1.807) is 0 Å². The van der Waals surface area contributed by atoms with Crippen LogP contribution >= 0.6 is 0 Å². The van der Waals surface area contributed by atoms with Crippen LogP contribution in [-0.2, 0) is 16.2 Å². The molecule has 0 N–H and O–H groups in total. The van der Waals surface area contributed by atoms with Crippen molar-refractivity contribution in [3.05, 3.63) is 357 Å². The fourth-order valence-corrected chi connectivity index (χ4v) is 16.9. The summed E-state index contributed by atoms with van der Waals surface area (Å²) in [5, 5.41) is 5.04. The molecule has 0 radical (unpaired) electrons. The minimum absolute atomic E-state index is 0.174. The van der Waals surface area contributed by atoms with Gasteiger partial charge in [0, 0.05) is 50.4 Å². The van der Waals surface area contributed by atoms with Crippen LogP contribution in [-0.4, -0.2) is 0 Å². The van der Waals surface area contributed by atoms with Gasteiger partial charge in [-0.05, 0) is 256 Å². The van der Waals surface area contributed by atoms with Crippen molar-refractivity contribution in [2.24, 2.45) is 0 Å². The fraction of sp³-hybridized carbons (Fsp3) is 0.134. The summed E-state index contributed by atoms with van der Waals surface area (Å²) in [6, 6.07) is 105. The predicted octanol–water partition coefficient (Wildman–Crippen LogP) is 26.8. The Morgan fingerprint density at radius 2 is 0.495 bits per heavy atom. The molecule has 0 atom stereocenters. The molecule has 0 aromatic heterocycles. The quantitative estimate of drug-likeness (QED) is 0.113. The van der Waals surface area contributed by atoms with Gasteiger partial charge >= 0.3 is 0 Å². The number of aryl methyl sites for hydroxylation is 4. The highest BCUT2D eigenvalue weighted by Gasteiger charge is 2.39. The Kier molecular flexibility index (Phi) is 14.5. The molecule has 478 valence electrons. The van der Waals surface area contributed by atoms with Gasteiger partial charge in [-0.15, -0.1) is 0 Å². The lowest BCUT2D eigenvalue weighted by Crippen LogP contribution is -2.17. The highest BCUT2D eigenvalue weighted by atomic mass is 15.1. The van der Waals surface area contributed by atoms with E-state index in [2.05, 4.69) is 382 Å². The summed E-state index contributed by atoms with van der Waals surface area (Å²) < 4.78 is 0. The molecule has 0 bridgehead atoms. The van der Waals surface area contributed by atoms with Crippen LogP contribution in [0.1, 0.15) is 119 Å². The SMILES string of the molecule is Cc1cc(C)cc(N(c2ccc(-c3cccc4ccccc34)cc2)c2ccc3c(c2)C(C)(C)c2cc(C=Cc4ccc5c(c4)C(C)(C)c4cc(C=Cc6ccc7c(c6)C(C)(C)c6cc(N(c8ccc(-c9cccc%10ccccc9%10)cc8)c8cc(C)cc(C)c8)ccc6-7)ccc4-5)ccc2-3)c1. The number of fused-ring (bicyclic) bond motifs is 11. The van der Waals surface area contributed by atoms with Gasteiger partial charge in [-0.3, -0.25) is 0 Å². The van der Waals surface area contributed by atoms with Crippen LogP contribution in [0.15, 0.2) is 279 Å². The molecular weight excluding hydrogens is 1190 g/mol. The number of rotatable bonds is 12. The Balaban J connectivity index is 0.605. The van der Waals surface area contributed by atoms with Gasteiger partial charge in [0.1, 0.15) is 0 Å². The molecule has 3 aliphatic rings. The molecule has 0 saturated carbocycles. The highest BCUT2D eigenvalue weighted by Crippen LogP contribution is 2.55. The van der Waals surface area contributed by atoms with E-state index in [-0.39, 0.29) is 16.2 Å². The molecule has 0 amide bonds. The molecule has 14 aromatic rings. The third kappa shape index (κ3) is 10.6. The Morgan fingerprint density at radius 1 is 0.222 bits per heavy atom. The van der Waals surface area contributed by atoms with Crippen molar-refractivity contribution in [2.45, 2.75) is 85.5 Å². The average molecular weight is 1270 g/mol. The number of hydrogen-bond acceptors (Lipinski definition) is 2. The van der Waals surface area contributed by atoms with Crippen LogP contribution in [0, 0.1) is 27.7 Å². The van der Waals surface area contributed by atoms with Gasteiger partial charge < -0.3 is 9.80 Å². The smallest absolute Gasteiger partial charge is 0.0466 e. The van der Waals surface area contributed by atoms with Gasteiger partial charge in [-0.2, -0.15) is 0 Å². The van der Waals surface area contributed by atoms with Crippen molar-refractivity contribution in [3.63, 3.8) is 0 Å². The normalized spacial score (nSPS) is 14.1. The minimum Gasteiger partial charge on any atom is -0.310 e. The Labute approximate surface area is 584 Å². The first-order valence-electron chi connectivity index (χ1n) is 35.1. The molecule has 3 aliphatic carbocycles. The van der Waals surface area contributed by atoms with Gasteiger partial charge in [0.15, 0.2) is 0 Å². The number of benzene rings is 14. The van der Waals surface area contributed by atoms with Gasteiger partial charge in [-0.25, -0.2) is 0 Å². The van der Waals surface area contributed by atoms with E-state index in [9.17, 15) is 0 Å². The van der Waals surface area contributed by atoms with Crippen LogP contribution in [0.3, 0.4) is 0 Å². The topological polar surface area (TPSA) is 6.48 Å². The van der Waals surface area contributed by atoms with E-state index in [0.29, 0.717) is 0 Å². The number of hydrogen-bond donors (Lipinski definition) is 0. The fourth-order valence-electron chi connectivity index (χ4n) is 16.9. The summed E-state index contributed by atoms with van der Waals surface area (Å²) in [5.74, 6) is 0. The Morgan fingerprint density at radius 3 is 0.818 bits per heavy atom. The molecule has 99 heavy (non-hydrogen) atoms. The van der Waals surface area contributed by atoms with E-state index >= 15 is 0 Å². The van der Waals surface area contributed by atoms with Gasteiger partial charge in [0.2, 0.25) is 0 Å². The second kappa shape index (κ2) is 23.5. The zero-order valence-electron chi connectivity index (χ0n) is 58.3. The summed E-state index contributed by atoms with van der Waals surface area (Å²) in [7, 11) is 0. The maximum absolute atomic E-state index is 2.45. The monoisotopic (exact) mass is 1270 g/mol. The van der Waals surface area contributed by atoms with E-state index in [4.69, 9.17) is 0 Å². The van der Waals surface area contributed by atoms with Crippen molar-refractivity contribution >= 4 is 80.0 Å². The predicted molar refractivity (Wildman–Crippen MR) is 424 cm³/mol. The molecule has 0 spiro atoms. The molecule has 0 fully saturated rings. The molecule has 14 aromatic carbocycles. The van der Waals surface area contributed by atoms with Crippen molar-refractivity contribution in [1.29, 1.82) is 0 Å². The second-order valence-electron chi connectivity index (χ2n) is 29.7. The maximum atomic E-state index is 2.45. The van der Waals surface area contributed by atoms with Crippen molar-refractivity contribution < 1.29 is 0 Å². The summed E-state index contributed by atoms with van der Waals surface area (Å²) in [5.41, 5.74) is 37.0. The summed E-state index contributed by atoms with van der Waals surface area (Å²) in [6.07, 6.45) is 9.22. The third-order valence-corrected chi connectivity index (χ3v) is 21.9. The van der Waals surface area contributed by atoms with Crippen LogP contribution in [0.25, 0.3) is 101 Å². The Hall–Kier alpha value is -11.3. The van der Waals surface area contributed by atoms with Gasteiger partial charge in [0.05, 0.1) is 0 Å². The maximum Gasteiger partial charge on any atom is 0.0466 e. The first-order chi connectivity index (χ1) is 47.9. The minimum atomic E-state index is -0.217. The van der Waals surface area contributed by atoms with E-state index < -0.39 is 0 Å². The lowest BCUT2D eigenvalue weighted by molar-refractivity contribution is 0.660. The third-order valence-electron chi connectivity index (χ3n) is 21.9. The molecule has 0 saturated heterocycles. The summed E-state index contributed by atoms with van der Waals surface area (Å²) >= 11 is 0. The van der Waals surface area contributed by atoms with E-state index in [0.717, 1.165) is 34.1 Å². The lowest BCUT2D eigenvalue weighted by Gasteiger charge is -2.29. The first kappa shape index (κ1) is 61.3. The lowest BCUT2D eigenvalue weighted by atomic mass is 9.81. The molecule has 17 rings (SSSR count). The second-order valence-corrected chi connectivity index (χ2v) is 29.7. The standard InChI is InChI=1S/C97H80N2/c1-61-49-62(2)52-77(51-61)98(73-37-33-71(34-38-73)81-23-15-19-69-17-11-13-21-79(69)81)75-41-47-87-85-45-31-67(57-91(85)96(7,8)93(87)59-75)27-25-65-29-43-83-84-44-30-66(56-90(84)95(5,6)89(83)55-65)26-28-68-32-46-86-88-48-42-76(60-94(88)97(9,10)92(86)58-68)99(78-53-63(3)50-64(4)54-78)74-39-35-72(36-40-74)82-24-16-20-70-18-12-14-22-80(70)82/h11-60H,1-10H3. The molecule has 0 unspecified atom stereocenters. The number of anilines is 6. The van der Waals surface area contributed by atoms with Crippen molar-refractivity contribution in [1.82, 2.24) is 0 Å². The first-order valence-corrected chi connectivity index (χ1v) is 35.1. The average Bonchev–Trinajstić information content (AvgIpc) is 1.59. The highest BCUT2D eigenvalue weighted by molar-refractivity contribution is 5.99. The van der Waals surface area contributed by atoms with E-state index in [1.165, 1.54) is 155 Å². The molecule has 2 heteroatoms. The zero-order chi connectivity index (χ0) is 67.6. The zero-order valence-corrected chi connectivity index (χ0v) is 58.3. The largest absolute Gasteiger partial charge is 0.310 e. The van der Waals surface area contributed by atoms with Crippen LogP contribution < -0.4 is 9.80 Å². The number of nitrogens with zero attached hydrogens (tertiary/aromatic N) is 2.